The van der Waals surface area contributed by atoms with E-state index in [9.17, 15) is 20.2 Å². The number of thiocarbonyl (C=S) groups is 2. The molecule has 0 fully saturated rings. The number of aromatic nitrogens is 2. The van der Waals surface area contributed by atoms with Crippen LogP contribution in [0.25, 0.3) is 11.4 Å². The second-order valence-corrected chi connectivity index (χ2v) is 22.0. The molecule has 0 saturated heterocycles. The molecule has 0 radical (unpaired) electrons. The molecule has 6 aromatic carbocycles. The Labute approximate surface area is 416 Å². The van der Waals surface area contributed by atoms with Gasteiger partial charge >= 0.3 is 0 Å². The quantitative estimate of drug-likeness (QED) is 0.0700. The zero-order valence-corrected chi connectivity index (χ0v) is 40.7. The number of non-ortho nitro benzene ring substituents is 2. The molecular weight excluding hydrogens is 981 g/mol. The normalized spacial score (nSPS) is 15.6. The van der Waals surface area contributed by atoms with Gasteiger partial charge in [0.2, 0.25) is 0 Å². The van der Waals surface area contributed by atoms with Crippen LogP contribution in [0.2, 0.25) is 0 Å². The highest BCUT2D eigenvalue weighted by atomic mass is 32.2. The summed E-state index contributed by atoms with van der Waals surface area (Å²) >= 11 is 30.5. The monoisotopic (exact) mass is 1010 g/mol. The van der Waals surface area contributed by atoms with E-state index in [0.29, 0.717) is 16.5 Å². The van der Waals surface area contributed by atoms with Crippen LogP contribution in [0.3, 0.4) is 0 Å². The van der Waals surface area contributed by atoms with Gasteiger partial charge in [-0.25, -0.2) is 0 Å². The van der Waals surface area contributed by atoms with Gasteiger partial charge < -0.3 is 0 Å². The lowest BCUT2D eigenvalue weighted by atomic mass is 10.0. The number of rotatable bonds is 11. The number of nitro benzene ring substituents is 2. The van der Waals surface area contributed by atoms with Crippen LogP contribution >= 0.6 is 95.1 Å². The van der Waals surface area contributed by atoms with Crippen molar-refractivity contribution in [3.63, 3.8) is 0 Å². The Morgan fingerprint density at radius 2 is 0.803 bits per heavy atom. The number of para-hydroxylation sites is 2. The maximum Gasteiger partial charge on any atom is 0.269 e. The molecule has 10 nitrogen and oxygen atoms in total. The molecule has 2 aliphatic heterocycles. The molecule has 4 heterocycles. The predicted octanol–water partition coefficient (Wildman–Crippen LogP) is 15.0. The molecule has 2 aliphatic rings. The molecule has 0 N–H and O–H groups in total. The van der Waals surface area contributed by atoms with Gasteiger partial charge in [0.1, 0.15) is 20.3 Å². The van der Waals surface area contributed by atoms with Crippen LogP contribution < -0.4 is 9.80 Å². The first-order chi connectivity index (χ1) is 32.0. The van der Waals surface area contributed by atoms with Gasteiger partial charge in [-0.3, -0.25) is 39.2 Å². The van der Waals surface area contributed by atoms with E-state index in [0.717, 1.165) is 68.1 Å². The average molecular weight is 1010 g/mol. The third-order valence-electron chi connectivity index (χ3n) is 11.3. The Hall–Kier alpha value is -5.70. The largest absolute Gasteiger partial charge is 0.280 e. The summed E-state index contributed by atoms with van der Waals surface area (Å²) in [5, 5.41) is 22.5. The summed E-state index contributed by atoms with van der Waals surface area (Å²) in [6.45, 7) is 0. The summed E-state index contributed by atoms with van der Waals surface area (Å²) in [6, 6.07) is 50.3. The van der Waals surface area contributed by atoms with Crippen molar-refractivity contribution >= 4 is 138 Å². The van der Waals surface area contributed by atoms with Crippen LogP contribution in [0.15, 0.2) is 158 Å². The van der Waals surface area contributed by atoms with Crippen molar-refractivity contribution in [2.75, 3.05) is 9.80 Å². The van der Waals surface area contributed by atoms with Gasteiger partial charge in [0.15, 0.2) is 7.91 Å². The van der Waals surface area contributed by atoms with Gasteiger partial charge in [0, 0.05) is 47.0 Å². The summed E-state index contributed by atoms with van der Waals surface area (Å²) in [7, 11) is 0. The van der Waals surface area contributed by atoms with Crippen molar-refractivity contribution in [3.05, 3.63) is 218 Å². The van der Waals surface area contributed by atoms with E-state index in [1.165, 1.54) is 81.6 Å². The van der Waals surface area contributed by atoms with Gasteiger partial charge in [-0.2, -0.15) is 0 Å². The van der Waals surface area contributed by atoms with E-state index in [1.54, 1.807) is 24.3 Å². The number of hydrogen-bond acceptors (Lipinski definition) is 12. The van der Waals surface area contributed by atoms with Crippen molar-refractivity contribution < 1.29 is 9.85 Å². The molecule has 0 amide bonds. The minimum absolute atomic E-state index is 0.0374. The molecule has 0 spiro atoms. The third kappa shape index (κ3) is 8.36. The number of fused-ring (bicyclic) bond motifs is 2. The van der Waals surface area contributed by atoms with Crippen molar-refractivity contribution in [1.29, 1.82) is 0 Å². The molecule has 10 rings (SSSR count). The number of aryl methyl sites for hydroxylation is 2. The topological polar surface area (TPSA) is 103 Å². The van der Waals surface area contributed by atoms with E-state index in [-0.39, 0.29) is 21.9 Å². The van der Waals surface area contributed by atoms with E-state index in [4.69, 9.17) is 48.9 Å². The van der Waals surface area contributed by atoms with E-state index in [2.05, 4.69) is 67.5 Å². The van der Waals surface area contributed by atoms with E-state index < -0.39 is 9.85 Å². The molecule has 18 heteroatoms. The van der Waals surface area contributed by atoms with Gasteiger partial charge in [-0.05, 0) is 108 Å². The Morgan fingerprint density at radius 3 is 1.14 bits per heavy atom. The highest BCUT2D eigenvalue weighted by Crippen LogP contribution is 2.54. The van der Waals surface area contributed by atoms with Crippen LogP contribution in [-0.4, -0.2) is 27.6 Å². The predicted molar refractivity (Wildman–Crippen MR) is 284 cm³/mol. The zero-order chi connectivity index (χ0) is 45.6. The Kier molecular flexibility index (Phi) is 12.4. The number of nitrogens with zero attached hydrogens (tertiary/aromatic N) is 6. The minimum Gasteiger partial charge on any atom is -0.280 e. The lowest BCUT2D eigenvalue weighted by Crippen LogP contribution is -2.29. The van der Waals surface area contributed by atoms with Crippen LogP contribution in [-0.2, 0) is 12.8 Å². The summed E-state index contributed by atoms with van der Waals surface area (Å²) in [6.07, 6.45) is 1.62. The van der Waals surface area contributed by atoms with Crippen LogP contribution in [0.4, 0.5) is 34.4 Å². The van der Waals surface area contributed by atoms with E-state index in [1.807, 2.05) is 60.7 Å². The Morgan fingerprint density at radius 1 is 0.455 bits per heavy atom. The van der Waals surface area contributed by atoms with Crippen molar-refractivity contribution in [2.24, 2.45) is 0 Å². The number of benzene rings is 6. The van der Waals surface area contributed by atoms with Gasteiger partial charge in [-0.1, -0.05) is 133 Å². The summed E-state index contributed by atoms with van der Waals surface area (Å²) < 4.78 is 6.83. The summed E-state index contributed by atoms with van der Waals surface area (Å²) in [4.78, 5) is 28.3. The van der Waals surface area contributed by atoms with Crippen molar-refractivity contribution in [1.82, 2.24) is 9.13 Å². The second kappa shape index (κ2) is 18.5. The molecule has 0 saturated carbocycles. The molecule has 0 unspecified atom stereocenters. The molecule has 66 heavy (non-hydrogen) atoms. The SMILES string of the molecule is O=[N+]([O-])c1ccc([C@H]2SC(=S)N(c3ccccc3)c3c2sc(=S)n3-c2ccc(CCc3ccc(-n4c5c(sc4=S)[C@@H](c4ccc([N+](=O)[O-])cc4)SC(=S)N5c4ccccc4)cc3)cc2)cc1. The molecule has 326 valence electrons. The number of anilines is 4. The lowest BCUT2D eigenvalue weighted by molar-refractivity contribution is -0.385. The fraction of sp³-hybridized carbons (Fsp3) is 0.0833. The van der Waals surface area contributed by atoms with Crippen molar-refractivity contribution in [3.8, 4) is 11.4 Å². The first-order valence-electron chi connectivity index (χ1n) is 20.3. The zero-order valence-electron chi connectivity index (χ0n) is 34.2. The average Bonchev–Trinajstić information content (AvgIpc) is 3.87. The van der Waals surface area contributed by atoms with Crippen LogP contribution in [0, 0.1) is 28.1 Å². The van der Waals surface area contributed by atoms with Crippen LogP contribution in [0.1, 0.15) is 42.5 Å². The summed E-state index contributed by atoms with van der Waals surface area (Å²) in [5.74, 6) is 1.75. The third-order valence-corrected chi connectivity index (χ3v) is 17.6. The fourth-order valence-electron chi connectivity index (χ4n) is 8.07. The molecule has 0 aliphatic carbocycles. The van der Waals surface area contributed by atoms with Crippen molar-refractivity contribution in [2.45, 2.75) is 23.3 Å². The number of nitro groups is 2. The molecule has 2 aromatic heterocycles. The first kappa shape index (κ1) is 44.2. The smallest absolute Gasteiger partial charge is 0.269 e. The maximum atomic E-state index is 11.4. The summed E-state index contributed by atoms with van der Waals surface area (Å²) in [5.41, 5.74) is 7.92. The standard InChI is InChI=1S/C48H32N6O4S8/c55-53(56)37-25-17-31(18-26-37)39-41-43(49(45(59)63-39)33-7-3-1-4-8-33)51(47(61)65-41)35-21-13-29(14-22-35)11-12-30-15-23-36(24-16-30)52-44-42(66-48(52)62)40(32-19-27-38(28-20-32)54(57)58)64-46(60)50(44)34-9-5-2-6-10-34/h1-10,13-28,39-40H,11-12H2/t39-,40-/m1/s1. The highest BCUT2D eigenvalue weighted by molar-refractivity contribution is 8.24. The molecule has 0 bridgehead atoms. The lowest BCUT2D eigenvalue weighted by Gasteiger charge is -2.34. The Balaban J connectivity index is 0.923. The number of hydrogen-bond donors (Lipinski definition) is 0. The van der Waals surface area contributed by atoms with Gasteiger partial charge in [0.25, 0.3) is 11.4 Å². The molecule has 2 atom stereocenters. The molecule has 8 aromatic rings. The minimum atomic E-state index is -0.391. The maximum absolute atomic E-state index is 11.4. The number of thiazole rings is 2. The van der Waals surface area contributed by atoms with Crippen LogP contribution in [0.5, 0.6) is 0 Å². The highest BCUT2D eigenvalue weighted by Gasteiger charge is 2.38. The second-order valence-electron chi connectivity index (χ2n) is 15.2. The van der Waals surface area contributed by atoms with Gasteiger partial charge in [0.05, 0.1) is 30.1 Å². The molecular formula is C48H32N6O4S8. The van der Waals surface area contributed by atoms with Gasteiger partial charge in [-0.15, -0.1) is 22.7 Å². The fourth-order valence-corrected chi connectivity index (χ4v) is 14.5. The Bertz CT molecular complexity index is 3080. The number of thioether (sulfide) groups is 2. The van der Waals surface area contributed by atoms with E-state index >= 15 is 0 Å². The first-order valence-corrected chi connectivity index (χ1v) is 25.4.